The van der Waals surface area contributed by atoms with Crippen molar-refractivity contribution >= 4 is 23.9 Å². The molecule has 0 fully saturated rings. The summed E-state index contributed by atoms with van der Waals surface area (Å²) in [6, 6.07) is 3.31. The molecule has 11 heteroatoms. The molecule has 1 aromatic carbocycles. The van der Waals surface area contributed by atoms with Crippen molar-refractivity contribution in [3.63, 3.8) is 0 Å². The Labute approximate surface area is 133 Å². The van der Waals surface area contributed by atoms with E-state index >= 15 is 0 Å². The second-order valence-corrected chi connectivity index (χ2v) is 4.49. The minimum absolute atomic E-state index is 0.0553. The first-order valence-corrected chi connectivity index (χ1v) is 6.03. The number of carboxylic acids is 4. The van der Waals surface area contributed by atoms with Crippen LogP contribution in [0.1, 0.15) is 23.2 Å². The molecular formula is C13H14O11. The Morgan fingerprint density at radius 3 is 1.58 bits per heavy atom. The average molecular weight is 346 g/mol. The number of hydrogen-bond donors (Lipinski definition) is 7. The summed E-state index contributed by atoms with van der Waals surface area (Å²) < 4.78 is 0. The smallest absolute Gasteiger partial charge is 0.336 e. The number of carbonyl (C=O) groups is 4. The highest BCUT2D eigenvalue weighted by Gasteiger charge is 2.40. The molecule has 0 atom stereocenters. The highest BCUT2D eigenvalue weighted by molar-refractivity contribution is 5.88. The van der Waals surface area contributed by atoms with Gasteiger partial charge in [0, 0.05) is 0 Å². The van der Waals surface area contributed by atoms with Crippen LogP contribution in [0.4, 0.5) is 0 Å². The normalized spacial score (nSPS) is 10.2. The van der Waals surface area contributed by atoms with Crippen molar-refractivity contribution < 1.29 is 54.9 Å². The summed E-state index contributed by atoms with van der Waals surface area (Å²) in [6.45, 7) is 0. The maximum atomic E-state index is 10.3. The molecule has 0 saturated heterocycles. The second-order valence-electron chi connectivity index (χ2n) is 4.49. The largest absolute Gasteiger partial charge is 0.504 e. The molecule has 24 heavy (non-hydrogen) atoms. The number of phenolic OH excluding ortho intramolecular Hbond substituents is 2. The van der Waals surface area contributed by atoms with Gasteiger partial charge < -0.3 is 35.7 Å². The molecular weight excluding hydrogens is 332 g/mol. The van der Waals surface area contributed by atoms with E-state index in [0.29, 0.717) is 0 Å². The summed E-state index contributed by atoms with van der Waals surface area (Å²) in [5.41, 5.74) is -2.79. The van der Waals surface area contributed by atoms with E-state index in [9.17, 15) is 19.2 Å². The topological polar surface area (TPSA) is 210 Å². The lowest BCUT2D eigenvalue weighted by atomic mass is 9.96. The van der Waals surface area contributed by atoms with E-state index in [-0.39, 0.29) is 11.3 Å². The Morgan fingerprint density at radius 2 is 1.29 bits per heavy atom. The van der Waals surface area contributed by atoms with Gasteiger partial charge in [0.2, 0.25) is 0 Å². The van der Waals surface area contributed by atoms with Gasteiger partial charge in [-0.3, -0.25) is 9.59 Å². The van der Waals surface area contributed by atoms with Gasteiger partial charge >= 0.3 is 23.9 Å². The molecule has 11 nitrogen and oxygen atoms in total. The van der Waals surface area contributed by atoms with E-state index in [1.165, 1.54) is 6.07 Å². The van der Waals surface area contributed by atoms with Crippen molar-refractivity contribution in [3.8, 4) is 11.5 Å². The van der Waals surface area contributed by atoms with E-state index < -0.39 is 48.1 Å². The summed E-state index contributed by atoms with van der Waals surface area (Å²) in [7, 11) is 0. The molecule has 0 aliphatic carbocycles. The van der Waals surface area contributed by atoms with Crippen LogP contribution in [-0.2, 0) is 14.4 Å². The molecule has 7 N–H and O–H groups in total. The molecule has 0 saturated carbocycles. The lowest BCUT2D eigenvalue weighted by Crippen LogP contribution is -2.42. The third-order valence-electron chi connectivity index (χ3n) is 2.51. The van der Waals surface area contributed by atoms with Gasteiger partial charge in [0.25, 0.3) is 0 Å². The fourth-order valence-electron chi connectivity index (χ4n) is 1.37. The molecule has 0 aromatic heterocycles. The zero-order chi connectivity index (χ0) is 19.1. The molecule has 0 spiro atoms. The van der Waals surface area contributed by atoms with Crippen LogP contribution in [0.25, 0.3) is 0 Å². The number of aliphatic carboxylic acids is 3. The van der Waals surface area contributed by atoms with Crippen LogP contribution < -0.4 is 0 Å². The molecule has 0 bridgehead atoms. The van der Waals surface area contributed by atoms with Crippen LogP contribution in [0.15, 0.2) is 18.2 Å². The number of phenols is 2. The predicted molar refractivity (Wildman–Crippen MR) is 73.8 cm³/mol. The van der Waals surface area contributed by atoms with Crippen LogP contribution in [0.2, 0.25) is 0 Å². The lowest BCUT2D eigenvalue weighted by molar-refractivity contribution is -0.170. The average Bonchev–Trinajstić information content (AvgIpc) is 2.40. The van der Waals surface area contributed by atoms with Crippen molar-refractivity contribution in [2.24, 2.45) is 0 Å². The van der Waals surface area contributed by atoms with Crippen LogP contribution in [0.3, 0.4) is 0 Å². The monoisotopic (exact) mass is 346 g/mol. The number of benzene rings is 1. The lowest BCUT2D eigenvalue weighted by Gasteiger charge is -2.18. The third-order valence-corrected chi connectivity index (χ3v) is 2.51. The summed E-state index contributed by atoms with van der Waals surface area (Å²) in [5.74, 6) is -6.91. The van der Waals surface area contributed by atoms with Gasteiger partial charge in [-0.2, -0.15) is 0 Å². The van der Waals surface area contributed by atoms with E-state index in [1.54, 1.807) is 0 Å². The van der Waals surface area contributed by atoms with Crippen LogP contribution in [0.5, 0.6) is 11.5 Å². The van der Waals surface area contributed by atoms with Crippen molar-refractivity contribution in [2.75, 3.05) is 0 Å². The van der Waals surface area contributed by atoms with Gasteiger partial charge in [-0.1, -0.05) is 0 Å². The number of rotatable bonds is 6. The fraction of sp³-hybridized carbons (Fsp3) is 0.231. The van der Waals surface area contributed by atoms with Crippen molar-refractivity contribution in [1.29, 1.82) is 0 Å². The minimum atomic E-state index is -2.74. The first-order valence-electron chi connectivity index (χ1n) is 6.03. The van der Waals surface area contributed by atoms with Crippen LogP contribution in [0, 0.1) is 0 Å². The van der Waals surface area contributed by atoms with E-state index in [4.69, 9.17) is 35.7 Å². The van der Waals surface area contributed by atoms with Gasteiger partial charge in [-0.15, -0.1) is 0 Å². The first kappa shape index (κ1) is 20.7. The first-order chi connectivity index (χ1) is 10.9. The minimum Gasteiger partial charge on any atom is -0.504 e. The Hall–Kier alpha value is -3.34. The standard InChI is InChI=1S/C7H6O4.C6H8O7/c8-5-2-1-4(7(10)11)3-6(5)9;7-3(8)1-6(13,5(11)12)2-4(9)10/h1-3,8-9H,(H,10,11);13H,1-2H2,(H,7,8)(H,9,10)(H,11,12). The molecule has 132 valence electrons. The van der Waals surface area contributed by atoms with Gasteiger partial charge in [-0.05, 0) is 18.2 Å². The molecule has 0 aliphatic heterocycles. The van der Waals surface area contributed by atoms with Crippen molar-refractivity contribution in [3.05, 3.63) is 23.8 Å². The van der Waals surface area contributed by atoms with Crippen LogP contribution in [-0.4, -0.2) is 65.2 Å². The third kappa shape index (κ3) is 6.62. The van der Waals surface area contributed by atoms with Crippen molar-refractivity contribution in [2.45, 2.75) is 18.4 Å². The molecule has 0 unspecified atom stereocenters. The number of carboxylic acid groups (broad SMARTS) is 4. The van der Waals surface area contributed by atoms with Gasteiger partial charge in [0.15, 0.2) is 17.1 Å². The van der Waals surface area contributed by atoms with E-state index in [0.717, 1.165) is 12.1 Å². The van der Waals surface area contributed by atoms with Gasteiger partial charge in [0.05, 0.1) is 18.4 Å². The summed E-state index contributed by atoms with van der Waals surface area (Å²) in [6.07, 6.45) is -2.29. The van der Waals surface area contributed by atoms with Crippen LogP contribution >= 0.6 is 0 Å². The molecule has 1 aromatic rings. The predicted octanol–water partition coefficient (Wildman–Crippen LogP) is -0.452. The van der Waals surface area contributed by atoms with Crippen molar-refractivity contribution in [1.82, 2.24) is 0 Å². The Bertz CT molecular complexity index is 633. The fourth-order valence-corrected chi connectivity index (χ4v) is 1.37. The molecule has 0 amide bonds. The summed E-state index contributed by atoms with van der Waals surface area (Å²) in [5, 5.41) is 59.8. The molecule has 1 rings (SSSR count). The number of hydrogen-bond acceptors (Lipinski definition) is 7. The summed E-state index contributed by atoms with van der Waals surface area (Å²) in [4.78, 5) is 40.8. The molecule has 0 radical (unpaired) electrons. The maximum Gasteiger partial charge on any atom is 0.336 e. The van der Waals surface area contributed by atoms with Gasteiger partial charge in [-0.25, -0.2) is 9.59 Å². The Kier molecular flexibility index (Phi) is 7.17. The van der Waals surface area contributed by atoms with Gasteiger partial charge in [0.1, 0.15) is 0 Å². The number of aromatic carboxylic acids is 1. The summed E-state index contributed by atoms with van der Waals surface area (Å²) >= 11 is 0. The second kappa shape index (κ2) is 8.33. The molecule has 0 heterocycles. The number of aliphatic hydroxyl groups is 1. The van der Waals surface area contributed by atoms with E-state index in [1.807, 2.05) is 0 Å². The van der Waals surface area contributed by atoms with E-state index in [2.05, 4.69) is 0 Å². The zero-order valence-electron chi connectivity index (χ0n) is 11.9. The zero-order valence-corrected chi connectivity index (χ0v) is 11.9. The highest BCUT2D eigenvalue weighted by Crippen LogP contribution is 2.24. The Balaban J connectivity index is 0.000000446. The Morgan fingerprint density at radius 1 is 0.833 bits per heavy atom. The molecule has 0 aliphatic rings. The SMILES string of the molecule is O=C(O)CC(O)(CC(=O)O)C(=O)O.O=C(O)c1ccc(O)c(O)c1. The highest BCUT2D eigenvalue weighted by atomic mass is 16.4. The number of aromatic hydroxyl groups is 2. The quantitative estimate of drug-likeness (QED) is 0.328. The maximum absolute atomic E-state index is 10.3.